The molecule has 0 aliphatic heterocycles. The van der Waals surface area contributed by atoms with E-state index in [0.717, 1.165) is 26.1 Å². The van der Waals surface area contributed by atoms with Gasteiger partial charge in [0, 0.05) is 6.61 Å². The standard InChI is InChI=1S/C26H50O3/c1-3-4-5-6-7-8-9-10-11-12-13-14-15-16-18-21-24-28-25-22-19-17-20-23-26-29-27-2/h6-7,16,18H,3-5,8-15,17,19-26H2,1-2H3/b7-6-,18-16-. The SMILES string of the molecule is CCCC/C=C\CCCCCCCC/C=C\CCOCCCCCCCOOC. The molecule has 0 atom stereocenters. The lowest BCUT2D eigenvalue weighted by Gasteiger charge is -2.03. The van der Waals surface area contributed by atoms with Crippen LogP contribution in [0.2, 0.25) is 0 Å². The first kappa shape index (κ1) is 28.4. The Morgan fingerprint density at radius 1 is 0.483 bits per heavy atom. The Kier molecular flexibility index (Phi) is 26.8. The maximum absolute atomic E-state index is 5.70. The summed E-state index contributed by atoms with van der Waals surface area (Å²) in [5, 5.41) is 0. The third-order valence-corrected chi connectivity index (χ3v) is 5.11. The lowest BCUT2D eigenvalue weighted by Crippen LogP contribution is -1.96. The monoisotopic (exact) mass is 410 g/mol. The Morgan fingerprint density at radius 2 is 0.966 bits per heavy atom. The highest BCUT2D eigenvalue weighted by Crippen LogP contribution is 2.10. The maximum Gasteiger partial charge on any atom is 0.0822 e. The summed E-state index contributed by atoms with van der Waals surface area (Å²) in [6, 6.07) is 0. The minimum Gasteiger partial charge on any atom is -0.381 e. The van der Waals surface area contributed by atoms with Crippen LogP contribution in [0.15, 0.2) is 24.3 Å². The van der Waals surface area contributed by atoms with Gasteiger partial charge in [-0.25, -0.2) is 9.78 Å². The summed E-state index contributed by atoms with van der Waals surface area (Å²) in [5.74, 6) is 0. The van der Waals surface area contributed by atoms with E-state index in [1.54, 1.807) is 7.11 Å². The van der Waals surface area contributed by atoms with Gasteiger partial charge in [0.2, 0.25) is 0 Å². The molecule has 0 spiro atoms. The Morgan fingerprint density at radius 3 is 1.55 bits per heavy atom. The third-order valence-electron chi connectivity index (χ3n) is 5.11. The molecule has 0 radical (unpaired) electrons. The molecule has 0 aromatic rings. The van der Waals surface area contributed by atoms with Crippen molar-refractivity contribution in [2.45, 2.75) is 116 Å². The van der Waals surface area contributed by atoms with E-state index in [1.165, 1.54) is 96.3 Å². The second kappa shape index (κ2) is 27.4. The molecule has 0 saturated carbocycles. The summed E-state index contributed by atoms with van der Waals surface area (Å²) in [7, 11) is 1.56. The molecule has 172 valence electrons. The largest absolute Gasteiger partial charge is 0.381 e. The fraction of sp³-hybridized carbons (Fsp3) is 0.846. The summed E-state index contributed by atoms with van der Waals surface area (Å²) >= 11 is 0. The number of unbranched alkanes of at least 4 members (excludes halogenated alkanes) is 13. The Hall–Kier alpha value is -0.640. The van der Waals surface area contributed by atoms with Crippen molar-refractivity contribution in [3.8, 4) is 0 Å². The molecule has 0 rings (SSSR count). The van der Waals surface area contributed by atoms with Crippen LogP contribution in [0.3, 0.4) is 0 Å². The summed E-state index contributed by atoms with van der Waals surface area (Å²) in [6.45, 7) is 4.73. The van der Waals surface area contributed by atoms with Crippen LogP contribution in [-0.4, -0.2) is 26.9 Å². The first-order chi connectivity index (χ1) is 14.4. The van der Waals surface area contributed by atoms with Gasteiger partial charge in [0.05, 0.1) is 20.3 Å². The number of hydrogen-bond donors (Lipinski definition) is 0. The minimum absolute atomic E-state index is 0.705. The van der Waals surface area contributed by atoms with Crippen LogP contribution in [0.25, 0.3) is 0 Å². The number of rotatable bonds is 24. The van der Waals surface area contributed by atoms with Gasteiger partial charge in [-0.2, -0.15) is 0 Å². The van der Waals surface area contributed by atoms with E-state index in [4.69, 9.17) is 9.62 Å². The lowest BCUT2D eigenvalue weighted by molar-refractivity contribution is -0.272. The van der Waals surface area contributed by atoms with E-state index in [-0.39, 0.29) is 0 Å². The molecule has 0 saturated heterocycles. The van der Waals surface area contributed by atoms with E-state index in [1.807, 2.05) is 0 Å². The first-order valence-corrected chi connectivity index (χ1v) is 12.4. The Balaban J connectivity index is 3.10. The normalized spacial score (nSPS) is 11.9. The fourth-order valence-corrected chi connectivity index (χ4v) is 3.26. The van der Waals surface area contributed by atoms with Crippen LogP contribution in [0.4, 0.5) is 0 Å². The van der Waals surface area contributed by atoms with E-state index in [0.29, 0.717) is 6.61 Å². The average Bonchev–Trinajstić information content (AvgIpc) is 2.74. The molecule has 0 aromatic carbocycles. The summed E-state index contributed by atoms with van der Waals surface area (Å²) in [6.07, 6.45) is 31.1. The number of ether oxygens (including phenoxy) is 1. The summed E-state index contributed by atoms with van der Waals surface area (Å²) in [4.78, 5) is 9.42. The van der Waals surface area contributed by atoms with Crippen molar-refractivity contribution in [3.63, 3.8) is 0 Å². The van der Waals surface area contributed by atoms with E-state index in [9.17, 15) is 0 Å². The van der Waals surface area contributed by atoms with Gasteiger partial charge in [-0.05, 0) is 51.4 Å². The zero-order valence-corrected chi connectivity index (χ0v) is 19.7. The van der Waals surface area contributed by atoms with Crippen LogP contribution < -0.4 is 0 Å². The molecule has 0 N–H and O–H groups in total. The molecule has 0 aromatic heterocycles. The van der Waals surface area contributed by atoms with Gasteiger partial charge < -0.3 is 4.74 Å². The molecular formula is C26H50O3. The minimum atomic E-state index is 0.705. The van der Waals surface area contributed by atoms with Crippen molar-refractivity contribution in [3.05, 3.63) is 24.3 Å². The molecule has 0 heterocycles. The molecule has 0 unspecified atom stereocenters. The predicted molar refractivity (Wildman–Crippen MR) is 126 cm³/mol. The van der Waals surface area contributed by atoms with Crippen LogP contribution >= 0.6 is 0 Å². The molecule has 0 aliphatic carbocycles. The number of hydrogen-bond acceptors (Lipinski definition) is 3. The zero-order chi connectivity index (χ0) is 21.1. The van der Waals surface area contributed by atoms with Gasteiger partial charge in [-0.3, -0.25) is 0 Å². The fourth-order valence-electron chi connectivity index (χ4n) is 3.26. The molecular weight excluding hydrogens is 360 g/mol. The van der Waals surface area contributed by atoms with Gasteiger partial charge in [0.25, 0.3) is 0 Å². The van der Waals surface area contributed by atoms with E-state index < -0.39 is 0 Å². The molecule has 0 amide bonds. The van der Waals surface area contributed by atoms with Crippen LogP contribution in [0.1, 0.15) is 116 Å². The second-order valence-corrected chi connectivity index (χ2v) is 7.94. The Labute approximate surface area is 182 Å². The molecule has 3 nitrogen and oxygen atoms in total. The summed E-state index contributed by atoms with van der Waals surface area (Å²) in [5.41, 5.74) is 0. The average molecular weight is 411 g/mol. The van der Waals surface area contributed by atoms with Gasteiger partial charge in [0.1, 0.15) is 0 Å². The predicted octanol–water partition coefficient (Wildman–Crippen LogP) is 8.35. The number of allylic oxidation sites excluding steroid dienone is 3. The Bertz CT molecular complexity index is 339. The van der Waals surface area contributed by atoms with Crippen molar-refractivity contribution in [1.29, 1.82) is 0 Å². The van der Waals surface area contributed by atoms with E-state index >= 15 is 0 Å². The first-order valence-electron chi connectivity index (χ1n) is 12.4. The molecule has 0 fully saturated rings. The van der Waals surface area contributed by atoms with Crippen molar-refractivity contribution in [2.75, 3.05) is 26.9 Å². The molecule has 0 bridgehead atoms. The van der Waals surface area contributed by atoms with Crippen molar-refractivity contribution >= 4 is 0 Å². The van der Waals surface area contributed by atoms with Gasteiger partial charge in [-0.1, -0.05) is 89.0 Å². The van der Waals surface area contributed by atoms with Crippen molar-refractivity contribution < 1.29 is 14.5 Å². The topological polar surface area (TPSA) is 27.7 Å². The quantitative estimate of drug-likeness (QED) is 0.0692. The lowest BCUT2D eigenvalue weighted by atomic mass is 10.1. The molecule has 3 heteroatoms. The second-order valence-electron chi connectivity index (χ2n) is 7.94. The van der Waals surface area contributed by atoms with Crippen LogP contribution in [0.5, 0.6) is 0 Å². The highest BCUT2D eigenvalue weighted by molar-refractivity contribution is 4.82. The van der Waals surface area contributed by atoms with E-state index in [2.05, 4.69) is 36.1 Å². The van der Waals surface area contributed by atoms with Crippen molar-refractivity contribution in [1.82, 2.24) is 0 Å². The maximum atomic E-state index is 5.70. The zero-order valence-electron chi connectivity index (χ0n) is 19.7. The third kappa shape index (κ3) is 27.4. The van der Waals surface area contributed by atoms with Gasteiger partial charge >= 0.3 is 0 Å². The van der Waals surface area contributed by atoms with Crippen LogP contribution in [-0.2, 0) is 14.5 Å². The highest BCUT2D eigenvalue weighted by Gasteiger charge is 1.93. The van der Waals surface area contributed by atoms with Crippen molar-refractivity contribution in [2.24, 2.45) is 0 Å². The van der Waals surface area contributed by atoms with Gasteiger partial charge in [0.15, 0.2) is 0 Å². The molecule has 29 heavy (non-hydrogen) atoms. The smallest absolute Gasteiger partial charge is 0.0822 e. The van der Waals surface area contributed by atoms with Gasteiger partial charge in [-0.15, -0.1) is 0 Å². The molecule has 0 aliphatic rings. The highest BCUT2D eigenvalue weighted by atomic mass is 17.2. The van der Waals surface area contributed by atoms with Crippen LogP contribution in [0, 0.1) is 0 Å². The summed E-state index contributed by atoms with van der Waals surface area (Å²) < 4.78 is 5.70.